The average molecular weight is 453 g/mol. The van der Waals surface area contributed by atoms with Crippen molar-refractivity contribution in [3.8, 4) is 11.5 Å². The number of likely N-dealkylation sites (tertiary alicyclic amines) is 1. The third-order valence-electron chi connectivity index (χ3n) is 5.10. The monoisotopic (exact) mass is 452 g/mol. The van der Waals surface area contributed by atoms with E-state index in [4.69, 9.17) is 9.47 Å². The van der Waals surface area contributed by atoms with Gasteiger partial charge in [0.1, 0.15) is 11.5 Å². The highest BCUT2D eigenvalue weighted by atomic mass is 16.5. The van der Waals surface area contributed by atoms with Crippen molar-refractivity contribution in [2.24, 2.45) is 5.10 Å². The molecule has 1 heterocycles. The molecule has 0 unspecified atom stereocenters. The van der Waals surface area contributed by atoms with Crippen LogP contribution in [0.4, 0.5) is 5.69 Å². The molecule has 0 saturated carbocycles. The van der Waals surface area contributed by atoms with Gasteiger partial charge >= 0.3 is 11.8 Å². The minimum absolute atomic E-state index is 0.167. The Bertz CT molecular complexity index is 983. The molecule has 2 aromatic rings. The molecule has 33 heavy (non-hydrogen) atoms. The molecule has 0 atom stereocenters. The summed E-state index contributed by atoms with van der Waals surface area (Å²) in [6.07, 6.45) is 5.43. The minimum Gasteiger partial charge on any atom is -0.495 e. The third-order valence-corrected chi connectivity index (χ3v) is 5.10. The Morgan fingerprint density at radius 3 is 2.39 bits per heavy atom. The lowest BCUT2D eigenvalue weighted by Crippen LogP contribution is -2.41. The molecule has 174 valence electrons. The van der Waals surface area contributed by atoms with E-state index in [0.29, 0.717) is 35.8 Å². The Balaban J connectivity index is 1.43. The van der Waals surface area contributed by atoms with Gasteiger partial charge in [0.2, 0.25) is 0 Å². The number of methoxy groups -OCH3 is 1. The highest BCUT2D eigenvalue weighted by molar-refractivity contribution is 6.35. The topological polar surface area (TPSA) is 109 Å². The maximum Gasteiger partial charge on any atom is 0.329 e. The molecule has 9 nitrogen and oxygen atoms in total. The summed E-state index contributed by atoms with van der Waals surface area (Å²) in [5, 5.41) is 6.60. The molecule has 2 aromatic carbocycles. The molecule has 0 aromatic heterocycles. The summed E-state index contributed by atoms with van der Waals surface area (Å²) in [6, 6.07) is 13.9. The molecular formula is C24H28N4O5. The number of hydrogen-bond acceptors (Lipinski definition) is 6. The zero-order chi connectivity index (χ0) is 23.5. The van der Waals surface area contributed by atoms with Gasteiger partial charge in [0.05, 0.1) is 19.0 Å². The first-order valence-electron chi connectivity index (χ1n) is 10.8. The fourth-order valence-electron chi connectivity index (χ4n) is 3.36. The first-order chi connectivity index (χ1) is 16.1. The van der Waals surface area contributed by atoms with Crippen molar-refractivity contribution in [2.75, 3.05) is 32.1 Å². The van der Waals surface area contributed by atoms with Crippen LogP contribution in [0.3, 0.4) is 0 Å². The van der Waals surface area contributed by atoms with Gasteiger partial charge in [-0.25, -0.2) is 5.43 Å². The van der Waals surface area contributed by atoms with Crippen molar-refractivity contribution in [1.82, 2.24) is 10.3 Å². The van der Waals surface area contributed by atoms with Gasteiger partial charge < -0.3 is 19.7 Å². The van der Waals surface area contributed by atoms with Crippen LogP contribution in [-0.2, 0) is 14.4 Å². The van der Waals surface area contributed by atoms with E-state index in [1.54, 1.807) is 47.4 Å². The number of carbonyl (C=O) groups is 3. The maximum absolute atomic E-state index is 12.2. The van der Waals surface area contributed by atoms with E-state index in [-0.39, 0.29) is 12.5 Å². The fraction of sp³-hybridized carbons (Fsp3) is 0.333. The number of ether oxygens (including phenoxy) is 2. The molecule has 3 amide bonds. The van der Waals surface area contributed by atoms with E-state index in [1.165, 1.54) is 13.3 Å². The highest BCUT2D eigenvalue weighted by Crippen LogP contribution is 2.23. The van der Waals surface area contributed by atoms with E-state index in [1.807, 2.05) is 6.07 Å². The summed E-state index contributed by atoms with van der Waals surface area (Å²) in [4.78, 5) is 37.9. The minimum atomic E-state index is -0.742. The van der Waals surface area contributed by atoms with Gasteiger partial charge in [-0.2, -0.15) is 5.10 Å². The Morgan fingerprint density at radius 2 is 1.70 bits per heavy atom. The number of anilines is 1. The van der Waals surface area contributed by atoms with Crippen molar-refractivity contribution in [2.45, 2.75) is 25.7 Å². The molecule has 0 spiro atoms. The largest absolute Gasteiger partial charge is 0.495 e. The van der Waals surface area contributed by atoms with E-state index >= 15 is 0 Å². The molecule has 3 rings (SSSR count). The normalized spacial score (nSPS) is 13.8. The number of amides is 3. The summed E-state index contributed by atoms with van der Waals surface area (Å²) in [7, 11) is 1.53. The SMILES string of the molecule is COc1ccccc1NC(=O)COc1ccc(/C=N\NC(=O)C(=O)N2CCCCCC2)cc1. The van der Waals surface area contributed by atoms with Crippen LogP contribution < -0.4 is 20.2 Å². The lowest BCUT2D eigenvalue weighted by Gasteiger charge is -2.18. The van der Waals surface area contributed by atoms with E-state index in [2.05, 4.69) is 15.8 Å². The Labute approximate surface area is 192 Å². The zero-order valence-corrected chi connectivity index (χ0v) is 18.6. The second-order valence-corrected chi connectivity index (χ2v) is 7.51. The Morgan fingerprint density at radius 1 is 1.00 bits per heavy atom. The molecule has 2 N–H and O–H groups in total. The van der Waals surface area contributed by atoms with Crippen LogP contribution in [0, 0.1) is 0 Å². The number of para-hydroxylation sites is 2. The van der Waals surface area contributed by atoms with Gasteiger partial charge in [0, 0.05) is 13.1 Å². The van der Waals surface area contributed by atoms with E-state index in [0.717, 1.165) is 25.7 Å². The number of nitrogens with one attached hydrogen (secondary N) is 2. The second-order valence-electron chi connectivity index (χ2n) is 7.51. The lowest BCUT2D eigenvalue weighted by atomic mass is 10.2. The van der Waals surface area contributed by atoms with Gasteiger partial charge in [0.25, 0.3) is 5.91 Å². The van der Waals surface area contributed by atoms with Crippen LogP contribution in [0.15, 0.2) is 53.6 Å². The predicted octanol–water partition coefficient (Wildman–Crippen LogP) is 2.57. The summed E-state index contributed by atoms with van der Waals surface area (Å²) < 4.78 is 10.7. The number of rotatable bonds is 7. The highest BCUT2D eigenvalue weighted by Gasteiger charge is 2.22. The van der Waals surface area contributed by atoms with Gasteiger partial charge in [-0.3, -0.25) is 14.4 Å². The van der Waals surface area contributed by atoms with Crippen molar-refractivity contribution >= 4 is 29.6 Å². The predicted molar refractivity (Wildman–Crippen MR) is 124 cm³/mol. The first-order valence-corrected chi connectivity index (χ1v) is 10.8. The van der Waals surface area contributed by atoms with Crippen LogP contribution in [0.2, 0.25) is 0 Å². The summed E-state index contributed by atoms with van der Waals surface area (Å²) in [5.41, 5.74) is 3.54. The zero-order valence-electron chi connectivity index (χ0n) is 18.6. The van der Waals surface area contributed by atoms with Crippen LogP contribution in [0.5, 0.6) is 11.5 Å². The van der Waals surface area contributed by atoms with Gasteiger partial charge in [-0.1, -0.05) is 25.0 Å². The quantitative estimate of drug-likeness (QED) is 0.381. The van der Waals surface area contributed by atoms with Gasteiger partial charge in [-0.05, 0) is 54.8 Å². The maximum atomic E-state index is 12.2. The van der Waals surface area contributed by atoms with Crippen LogP contribution in [0.1, 0.15) is 31.2 Å². The Hall–Kier alpha value is -3.88. The van der Waals surface area contributed by atoms with Crippen molar-refractivity contribution in [3.05, 3.63) is 54.1 Å². The third kappa shape index (κ3) is 7.34. The number of hydrazone groups is 1. The summed E-state index contributed by atoms with van der Waals surface area (Å²) in [6.45, 7) is 1.04. The summed E-state index contributed by atoms with van der Waals surface area (Å²) in [5.74, 6) is -0.544. The number of carbonyl (C=O) groups excluding carboxylic acids is 3. The molecule has 1 aliphatic heterocycles. The average Bonchev–Trinajstić information content (AvgIpc) is 3.13. The van der Waals surface area contributed by atoms with E-state index < -0.39 is 11.8 Å². The Kier molecular flexibility index (Phi) is 8.81. The standard InChI is InChI=1S/C24H28N4O5/c1-32-21-9-5-4-8-20(21)26-22(29)17-33-19-12-10-18(11-13-19)16-25-27-23(30)24(31)28-14-6-2-3-7-15-28/h4-5,8-13,16H,2-3,6-7,14-15,17H2,1H3,(H,26,29)(H,27,30)/b25-16-. The lowest BCUT2D eigenvalue weighted by molar-refractivity contribution is -0.145. The van der Waals surface area contributed by atoms with Crippen LogP contribution >= 0.6 is 0 Å². The number of hydrogen-bond donors (Lipinski definition) is 2. The summed E-state index contributed by atoms with van der Waals surface area (Å²) >= 11 is 0. The number of benzene rings is 2. The van der Waals surface area contributed by atoms with E-state index in [9.17, 15) is 14.4 Å². The molecular weight excluding hydrogens is 424 g/mol. The van der Waals surface area contributed by atoms with Crippen LogP contribution in [-0.4, -0.2) is 55.6 Å². The molecule has 1 aliphatic rings. The fourth-order valence-corrected chi connectivity index (χ4v) is 3.36. The second kappa shape index (κ2) is 12.2. The van der Waals surface area contributed by atoms with Crippen molar-refractivity contribution in [3.63, 3.8) is 0 Å². The molecule has 0 radical (unpaired) electrons. The van der Waals surface area contributed by atoms with Gasteiger partial charge in [0.15, 0.2) is 6.61 Å². The van der Waals surface area contributed by atoms with Crippen molar-refractivity contribution < 1.29 is 23.9 Å². The first kappa shape index (κ1) is 23.8. The van der Waals surface area contributed by atoms with Gasteiger partial charge in [-0.15, -0.1) is 0 Å². The molecule has 0 aliphatic carbocycles. The molecule has 1 saturated heterocycles. The smallest absolute Gasteiger partial charge is 0.329 e. The molecule has 9 heteroatoms. The van der Waals surface area contributed by atoms with Crippen LogP contribution in [0.25, 0.3) is 0 Å². The van der Waals surface area contributed by atoms with Crippen molar-refractivity contribution in [1.29, 1.82) is 0 Å². The molecule has 0 bridgehead atoms. The molecule has 1 fully saturated rings. The number of nitrogens with zero attached hydrogens (tertiary/aromatic N) is 2.